The molecule has 0 saturated heterocycles. The number of nitrogens with zero attached hydrogens (tertiary/aromatic N) is 1. The Balaban J connectivity index is 0. The van der Waals surface area contributed by atoms with Gasteiger partial charge in [0.05, 0.1) is 6.04 Å². The first kappa shape index (κ1) is 12.1. The van der Waals surface area contributed by atoms with E-state index >= 15 is 0 Å². The molecule has 1 rings (SSSR count). The van der Waals surface area contributed by atoms with Crippen molar-refractivity contribution in [2.75, 3.05) is 0 Å². The van der Waals surface area contributed by atoms with Gasteiger partial charge in [-0.15, -0.1) is 0 Å². The van der Waals surface area contributed by atoms with Gasteiger partial charge in [-0.3, -0.25) is 4.99 Å². The Morgan fingerprint density at radius 2 is 1.64 bits per heavy atom. The summed E-state index contributed by atoms with van der Waals surface area (Å²) in [5.41, 5.74) is 4.01. The summed E-state index contributed by atoms with van der Waals surface area (Å²) >= 11 is 0. The van der Waals surface area contributed by atoms with Gasteiger partial charge < -0.3 is 7.43 Å². The molecule has 1 atom stereocenters. The third-order valence-electron chi connectivity index (χ3n) is 2.15. The maximum Gasteiger partial charge on any atom is 0.0687 e. The van der Waals surface area contributed by atoms with Crippen molar-refractivity contribution in [2.24, 2.45) is 4.99 Å². The summed E-state index contributed by atoms with van der Waals surface area (Å²) in [5.74, 6) is 0. The molecule has 0 aromatic rings. The van der Waals surface area contributed by atoms with Crippen LogP contribution in [0.3, 0.4) is 0 Å². The van der Waals surface area contributed by atoms with Gasteiger partial charge in [0.15, 0.2) is 0 Å². The topological polar surface area (TPSA) is 12.4 Å². The first-order chi connectivity index (χ1) is 4.13. The van der Waals surface area contributed by atoms with Gasteiger partial charge in [0.25, 0.3) is 0 Å². The largest absolute Gasteiger partial charge is 0.358 e. The fourth-order valence-electron chi connectivity index (χ4n) is 1.08. The molecule has 0 spiro atoms. The molecule has 0 bridgehead atoms. The van der Waals surface area contributed by atoms with E-state index in [0.717, 1.165) is 0 Å². The molecule has 11 heavy (non-hydrogen) atoms. The monoisotopic (exact) mass is 416 g/mol. The Labute approximate surface area is 63.9 Å². The van der Waals surface area contributed by atoms with Crippen molar-refractivity contribution in [3.63, 3.8) is 0 Å². The molecular formula is C9H16MtN-. The van der Waals surface area contributed by atoms with Gasteiger partial charge in [-0.2, -0.15) is 0 Å². The summed E-state index contributed by atoms with van der Waals surface area (Å²) in [6, 6.07) is 0.435. The van der Waals surface area contributed by atoms with Crippen molar-refractivity contribution >= 4 is 5.71 Å². The quantitative estimate of drug-likeness (QED) is 0.539. The first-order valence-electron chi connectivity index (χ1n) is 3.35. The fourth-order valence-corrected chi connectivity index (χ4v) is 1.08. The minimum absolute atomic E-state index is 0. The van der Waals surface area contributed by atoms with E-state index in [1.165, 1.54) is 16.9 Å². The van der Waals surface area contributed by atoms with Gasteiger partial charge >= 0.3 is 0 Å². The second-order valence-corrected chi connectivity index (χ2v) is 2.70. The van der Waals surface area contributed by atoms with Crippen LogP contribution in [0.4, 0.5) is 0 Å². The molecule has 1 aliphatic rings. The molecule has 0 N–H and O–H groups in total. The second kappa shape index (κ2) is 3.55. The Bertz CT molecular complexity index is 192. The van der Waals surface area contributed by atoms with E-state index in [9.17, 15) is 0 Å². The van der Waals surface area contributed by atoms with Crippen molar-refractivity contribution in [3.8, 4) is 0 Å². The van der Waals surface area contributed by atoms with Crippen LogP contribution in [0, 0.1) is 7.43 Å². The first-order valence-corrected chi connectivity index (χ1v) is 3.35. The van der Waals surface area contributed by atoms with E-state index in [2.05, 4.69) is 32.7 Å². The Hall–Kier alpha value is -1.59. The average Bonchev–Trinajstić information content (AvgIpc) is 1.98. The Morgan fingerprint density at radius 1 is 1.18 bits per heavy atom. The molecule has 2 heteroatoms. The number of hydrogen-bond donors (Lipinski definition) is 0. The molecule has 0 amide bonds. The van der Waals surface area contributed by atoms with Crippen LogP contribution in [0.25, 0.3) is 0 Å². The van der Waals surface area contributed by atoms with Crippen molar-refractivity contribution in [3.05, 3.63) is 18.6 Å². The summed E-state index contributed by atoms with van der Waals surface area (Å²) in [7, 11) is 0. The van der Waals surface area contributed by atoms with Crippen LogP contribution in [-0.4, -0.2) is 11.8 Å². The molecule has 1 unspecified atom stereocenters. The third kappa shape index (κ3) is 1.66. The van der Waals surface area contributed by atoms with Crippen molar-refractivity contribution in [2.45, 2.75) is 33.7 Å². The molecule has 0 aromatic carbocycles. The van der Waals surface area contributed by atoms with Crippen LogP contribution in [-0.2, 0) is 0 Å². The molecule has 0 saturated carbocycles. The fraction of sp³-hybridized carbons (Fsp3) is 0.556. The summed E-state index contributed by atoms with van der Waals surface area (Å²) in [4.78, 5) is 4.39. The summed E-state index contributed by atoms with van der Waals surface area (Å²) < 4.78 is 0. The minimum Gasteiger partial charge on any atom is -0.358 e. The maximum atomic E-state index is 4.39. The number of allylic oxidation sites excluding steroid dienone is 1. The van der Waals surface area contributed by atoms with E-state index in [1.807, 2.05) is 0 Å². The van der Waals surface area contributed by atoms with E-state index in [4.69, 9.17) is 0 Å². The number of hydrogen-bond acceptors (Lipinski definition) is 1. The molecule has 1 nitrogen and oxygen atoms in total. The predicted octanol–water partition coefficient (Wildman–Crippen LogP) is 2.64. The van der Waals surface area contributed by atoms with Crippen LogP contribution in [0.15, 0.2) is 16.1 Å². The van der Waals surface area contributed by atoms with Gasteiger partial charge in [-0.1, -0.05) is 0 Å². The molecule has 1 heterocycles. The van der Waals surface area contributed by atoms with Crippen LogP contribution >= 0.6 is 0 Å². The zero-order chi connectivity index (χ0) is 7.02. The molecule has 0 aromatic heterocycles. The summed E-state index contributed by atoms with van der Waals surface area (Å²) in [5, 5.41) is 0. The molecule has 0 fully saturated rings. The van der Waals surface area contributed by atoms with Crippen molar-refractivity contribution in [1.82, 2.24) is 0 Å². The van der Waals surface area contributed by atoms with Crippen molar-refractivity contribution < 1.29 is 0 Å². The van der Waals surface area contributed by atoms with Crippen molar-refractivity contribution in [1.29, 1.82) is 0 Å². The SMILES string of the molecule is CC1=NC(C)C(C)=C1C.[CH3-].[Mt]. The minimum atomic E-state index is 0. The molecular weight excluding hydrogens is 400 g/mol. The van der Waals surface area contributed by atoms with Gasteiger partial charge in [0, 0.05) is 5.71 Å². The van der Waals surface area contributed by atoms with Crippen LogP contribution in [0.1, 0.15) is 27.7 Å². The van der Waals surface area contributed by atoms with Crippen LogP contribution in [0.2, 0.25) is 0 Å². The van der Waals surface area contributed by atoms with Gasteiger partial charge in [-0.25, -0.2) is 0 Å². The smallest absolute Gasteiger partial charge is 0.0687 e. The second-order valence-electron chi connectivity index (χ2n) is 2.70. The van der Waals surface area contributed by atoms with Crippen LogP contribution in [0.5, 0.6) is 0 Å². The average molecular weight is 416 g/mol. The van der Waals surface area contributed by atoms with Gasteiger partial charge in [0.2, 0.25) is 0 Å². The third-order valence-corrected chi connectivity index (χ3v) is 2.15. The molecule has 1 aliphatic heterocycles. The Morgan fingerprint density at radius 3 is 1.73 bits per heavy atom. The molecule has 0 aliphatic carbocycles. The van der Waals surface area contributed by atoms with Gasteiger partial charge in [0.1, 0.15) is 0 Å². The molecule has 0 radical (unpaired) electrons. The van der Waals surface area contributed by atoms with E-state index < -0.39 is 0 Å². The normalized spacial score (nSPS) is 22.2. The summed E-state index contributed by atoms with van der Waals surface area (Å²) in [6.45, 7) is 8.50. The zero-order valence-corrected chi connectivity index (χ0v) is 14.8. The van der Waals surface area contributed by atoms with E-state index in [1.54, 1.807) is 0 Å². The summed E-state index contributed by atoms with van der Waals surface area (Å²) in [6.07, 6.45) is 0. The zero-order valence-electron chi connectivity index (χ0n) is 8.23. The molecule has 60 valence electrons. The predicted molar refractivity (Wildman–Crippen MR) is 47.4 cm³/mol. The van der Waals surface area contributed by atoms with Gasteiger partial charge in [-0.05, 0) is 38.8 Å². The maximum absolute atomic E-state index is 4.39. The van der Waals surface area contributed by atoms with E-state index in [-0.39, 0.29) is 7.43 Å². The Kier molecular flexibility index (Phi) is 3.91. The number of aliphatic imine (C=N–C) groups is 1. The van der Waals surface area contributed by atoms with E-state index in [0.29, 0.717) is 6.04 Å². The standard InChI is InChI=1S/C8H13N.CH3.Mt/c1-5-6(2)8(4)9-7(5)3;;/h7H,1-4H3;1H3;/q;-1;. The number of rotatable bonds is 0. The van der Waals surface area contributed by atoms with Crippen LogP contribution < -0.4 is 0 Å².